The zero-order chi connectivity index (χ0) is 24.6. The summed E-state index contributed by atoms with van der Waals surface area (Å²) in [5, 5.41) is 11.2. The van der Waals surface area contributed by atoms with E-state index in [-0.39, 0.29) is 35.9 Å². The van der Waals surface area contributed by atoms with Gasteiger partial charge in [0, 0.05) is 5.56 Å². The van der Waals surface area contributed by atoms with Crippen LogP contribution in [0.5, 0.6) is 0 Å². The molecular formula is C29H34O4. The molecule has 2 fully saturated rings. The molecule has 0 unspecified atom stereocenters. The number of fused-ring (bicyclic) bond motifs is 2. The van der Waals surface area contributed by atoms with E-state index in [1.54, 1.807) is 42.5 Å². The maximum atomic E-state index is 14.2. The van der Waals surface area contributed by atoms with Crippen LogP contribution >= 0.6 is 0 Å². The number of Topliss-reactive ketones (excluding diaryl/α,β-unsaturated/α-hetero) is 3. The van der Waals surface area contributed by atoms with E-state index in [9.17, 15) is 19.5 Å². The summed E-state index contributed by atoms with van der Waals surface area (Å²) in [5.74, 6) is -1.98. The molecule has 1 aromatic rings. The Balaban J connectivity index is 2.38. The number of allylic oxidation sites excluding steroid dienone is 5. The molecule has 4 heteroatoms. The summed E-state index contributed by atoms with van der Waals surface area (Å²) >= 11 is 0. The van der Waals surface area contributed by atoms with Crippen LogP contribution in [0.15, 0.2) is 72.9 Å². The van der Waals surface area contributed by atoms with Gasteiger partial charge >= 0.3 is 0 Å². The fourth-order valence-corrected chi connectivity index (χ4v) is 5.86. The normalized spacial score (nSPS) is 29.9. The zero-order valence-electron chi connectivity index (χ0n) is 20.1. The molecular weight excluding hydrogens is 412 g/mol. The Bertz CT molecular complexity index is 1070. The van der Waals surface area contributed by atoms with Crippen molar-refractivity contribution in [1.82, 2.24) is 0 Å². The quantitative estimate of drug-likeness (QED) is 0.178. The Hall–Kier alpha value is -3.01. The predicted molar refractivity (Wildman–Crippen MR) is 131 cm³/mol. The highest BCUT2D eigenvalue weighted by Crippen LogP contribution is 2.65. The van der Waals surface area contributed by atoms with E-state index in [2.05, 4.69) is 19.2 Å². The smallest absolute Gasteiger partial charge is 0.184 e. The van der Waals surface area contributed by atoms with Crippen molar-refractivity contribution in [2.24, 2.45) is 22.2 Å². The molecule has 0 amide bonds. The second-order valence-corrected chi connectivity index (χ2v) is 10.2. The summed E-state index contributed by atoms with van der Waals surface area (Å²) in [7, 11) is 0. The molecule has 33 heavy (non-hydrogen) atoms. The Kier molecular flexibility index (Phi) is 6.52. The van der Waals surface area contributed by atoms with E-state index in [1.165, 1.54) is 0 Å². The lowest BCUT2D eigenvalue weighted by Crippen LogP contribution is -2.69. The van der Waals surface area contributed by atoms with Gasteiger partial charge in [-0.05, 0) is 50.9 Å². The molecule has 1 N–H and O–H groups in total. The van der Waals surface area contributed by atoms with Crippen LogP contribution in [0, 0.1) is 22.2 Å². The van der Waals surface area contributed by atoms with Crippen LogP contribution in [-0.4, -0.2) is 22.5 Å². The van der Waals surface area contributed by atoms with Gasteiger partial charge in [-0.1, -0.05) is 68.0 Å². The van der Waals surface area contributed by atoms with Gasteiger partial charge in [-0.15, -0.1) is 13.2 Å². The van der Waals surface area contributed by atoms with Crippen LogP contribution in [0.25, 0.3) is 5.76 Å². The molecule has 0 radical (unpaired) electrons. The molecule has 0 aliphatic heterocycles. The fraction of sp³-hybridized carbons (Fsp3) is 0.414. The number of hydrogen-bond acceptors (Lipinski definition) is 4. The second-order valence-electron chi connectivity index (χ2n) is 10.2. The largest absolute Gasteiger partial charge is 0.506 e. The Morgan fingerprint density at radius 2 is 1.64 bits per heavy atom. The average molecular weight is 447 g/mol. The lowest BCUT2D eigenvalue weighted by Gasteiger charge is -2.60. The van der Waals surface area contributed by atoms with Gasteiger partial charge in [-0.3, -0.25) is 14.4 Å². The number of aliphatic hydroxyl groups is 1. The minimum atomic E-state index is -1.48. The zero-order valence-corrected chi connectivity index (χ0v) is 20.1. The molecule has 0 heterocycles. The molecule has 2 aliphatic carbocycles. The van der Waals surface area contributed by atoms with Gasteiger partial charge in [0.25, 0.3) is 0 Å². The minimum Gasteiger partial charge on any atom is -0.506 e. The first-order valence-electron chi connectivity index (χ1n) is 11.5. The van der Waals surface area contributed by atoms with E-state index in [0.717, 1.165) is 5.57 Å². The Morgan fingerprint density at radius 3 is 2.18 bits per heavy atom. The molecule has 1 aromatic carbocycles. The van der Waals surface area contributed by atoms with Gasteiger partial charge in [0.2, 0.25) is 0 Å². The van der Waals surface area contributed by atoms with Crippen molar-refractivity contribution < 1.29 is 19.5 Å². The first-order chi connectivity index (χ1) is 15.5. The summed E-state index contributed by atoms with van der Waals surface area (Å²) < 4.78 is 0. The fourth-order valence-electron chi connectivity index (χ4n) is 5.86. The van der Waals surface area contributed by atoms with Crippen molar-refractivity contribution in [2.45, 2.75) is 53.4 Å². The minimum absolute atomic E-state index is 0.0849. The molecule has 0 saturated heterocycles. The van der Waals surface area contributed by atoms with Crippen molar-refractivity contribution in [3.05, 3.63) is 78.4 Å². The van der Waals surface area contributed by atoms with Crippen molar-refractivity contribution in [3.8, 4) is 0 Å². The first-order valence-corrected chi connectivity index (χ1v) is 11.5. The van der Waals surface area contributed by atoms with E-state index in [0.29, 0.717) is 18.4 Å². The number of ketones is 3. The van der Waals surface area contributed by atoms with E-state index in [1.807, 2.05) is 27.7 Å². The number of benzene rings is 1. The summed E-state index contributed by atoms with van der Waals surface area (Å²) in [6.45, 7) is 15.6. The third-order valence-corrected chi connectivity index (χ3v) is 7.85. The molecule has 0 aromatic heterocycles. The highest BCUT2D eigenvalue weighted by atomic mass is 16.3. The van der Waals surface area contributed by atoms with Gasteiger partial charge in [0.15, 0.2) is 17.3 Å². The lowest BCUT2D eigenvalue weighted by atomic mass is 9.39. The van der Waals surface area contributed by atoms with Gasteiger partial charge in [0.1, 0.15) is 16.7 Å². The second kappa shape index (κ2) is 8.74. The molecule has 3 atom stereocenters. The molecule has 0 spiro atoms. The number of carbonyl (C=O) groups is 3. The van der Waals surface area contributed by atoms with Crippen LogP contribution in [-0.2, 0) is 14.4 Å². The van der Waals surface area contributed by atoms with Crippen molar-refractivity contribution in [2.75, 3.05) is 0 Å². The highest BCUT2D eigenvalue weighted by Gasteiger charge is 2.73. The van der Waals surface area contributed by atoms with Crippen molar-refractivity contribution in [3.63, 3.8) is 0 Å². The molecule has 2 bridgehead atoms. The average Bonchev–Trinajstić information content (AvgIpc) is 2.77. The van der Waals surface area contributed by atoms with Gasteiger partial charge < -0.3 is 5.11 Å². The van der Waals surface area contributed by atoms with Crippen LogP contribution < -0.4 is 0 Å². The van der Waals surface area contributed by atoms with Crippen LogP contribution in [0.4, 0.5) is 0 Å². The van der Waals surface area contributed by atoms with E-state index >= 15 is 0 Å². The SMILES string of the molecule is C=CC[C@@]12C[C@H](CC=C(C)C)C(C)(C)[C@@](CC=C)(C(=O)/C(=C(\O)c3ccccc3)C1=O)C2=O. The predicted octanol–water partition coefficient (Wildman–Crippen LogP) is 6.20. The highest BCUT2D eigenvalue weighted by molar-refractivity contribution is 6.41. The number of hydrogen-bond donors (Lipinski definition) is 1. The first kappa shape index (κ1) is 24.6. The number of carbonyl (C=O) groups excluding carboxylic acids is 3. The molecule has 174 valence electrons. The summed E-state index contributed by atoms with van der Waals surface area (Å²) in [4.78, 5) is 42.4. The molecule has 2 aliphatic rings. The maximum absolute atomic E-state index is 14.2. The van der Waals surface area contributed by atoms with Gasteiger partial charge in [-0.2, -0.15) is 0 Å². The van der Waals surface area contributed by atoms with Crippen LogP contribution in [0.2, 0.25) is 0 Å². The lowest BCUT2D eigenvalue weighted by molar-refractivity contribution is -0.176. The summed E-state index contributed by atoms with van der Waals surface area (Å²) in [6, 6.07) is 8.55. The van der Waals surface area contributed by atoms with Gasteiger partial charge in [-0.25, -0.2) is 0 Å². The van der Waals surface area contributed by atoms with E-state index in [4.69, 9.17) is 0 Å². The standard InChI is InChI=1S/C29H34O4/c1-7-16-28-18-21(15-14-19(3)4)27(5,6)29(17-8-2,26(28)33)25(32)22(24(28)31)23(30)20-12-10-9-11-13-20/h7-14,21,30H,1-2,15-18H2,3-6H3/b23-22-/t21-,28+,29-/m0/s1. The Morgan fingerprint density at radius 1 is 1.03 bits per heavy atom. The monoisotopic (exact) mass is 446 g/mol. The summed E-state index contributed by atoms with van der Waals surface area (Å²) in [6.07, 6.45) is 6.49. The van der Waals surface area contributed by atoms with Gasteiger partial charge in [0.05, 0.1) is 5.41 Å². The summed E-state index contributed by atoms with van der Waals surface area (Å²) in [5.41, 5.74) is -2.41. The van der Waals surface area contributed by atoms with Crippen LogP contribution in [0.1, 0.15) is 58.9 Å². The van der Waals surface area contributed by atoms with E-state index < -0.39 is 27.8 Å². The topological polar surface area (TPSA) is 71.4 Å². The third-order valence-electron chi connectivity index (χ3n) is 7.85. The third kappa shape index (κ3) is 3.47. The number of rotatable bonds is 7. The van der Waals surface area contributed by atoms with Crippen molar-refractivity contribution in [1.29, 1.82) is 0 Å². The maximum Gasteiger partial charge on any atom is 0.184 e. The van der Waals surface area contributed by atoms with Crippen LogP contribution in [0.3, 0.4) is 0 Å². The molecule has 2 saturated carbocycles. The molecule has 3 rings (SSSR count). The molecule has 4 nitrogen and oxygen atoms in total. The number of aliphatic hydroxyl groups excluding tert-OH is 1. The van der Waals surface area contributed by atoms with Crippen molar-refractivity contribution >= 4 is 23.1 Å². The Labute approximate surface area is 196 Å².